The molecule has 0 atom stereocenters. The highest BCUT2D eigenvalue weighted by atomic mass is 15.1. The van der Waals surface area contributed by atoms with Crippen LogP contribution >= 0.6 is 0 Å². The zero-order valence-corrected chi connectivity index (χ0v) is 12.3. The molecule has 2 aromatic rings. The van der Waals surface area contributed by atoms with Crippen LogP contribution in [0.3, 0.4) is 0 Å². The first-order chi connectivity index (χ1) is 10.4. The molecule has 0 bridgehead atoms. The standard InChI is InChI=1S/C18H21N3/c1-2-6-17-14(4-1)5-3-11-21(17)18-9-10-19-12-15(18)13-20-16-7-8-16/h1-2,4,6,9-10,12,16,20H,3,5,7-8,11,13H2. The molecule has 3 nitrogen and oxygen atoms in total. The van der Waals surface area contributed by atoms with Gasteiger partial charge in [-0.1, -0.05) is 18.2 Å². The van der Waals surface area contributed by atoms with Crippen molar-refractivity contribution in [3.05, 3.63) is 53.9 Å². The van der Waals surface area contributed by atoms with Gasteiger partial charge in [-0.2, -0.15) is 0 Å². The van der Waals surface area contributed by atoms with E-state index in [-0.39, 0.29) is 0 Å². The van der Waals surface area contributed by atoms with E-state index in [0.717, 1.165) is 19.1 Å². The maximum atomic E-state index is 4.33. The molecule has 21 heavy (non-hydrogen) atoms. The molecule has 1 aliphatic heterocycles. The largest absolute Gasteiger partial charge is 0.341 e. The topological polar surface area (TPSA) is 28.2 Å². The first-order valence-electron chi connectivity index (χ1n) is 7.93. The van der Waals surface area contributed by atoms with Crippen molar-refractivity contribution < 1.29 is 0 Å². The molecular formula is C18H21N3. The van der Waals surface area contributed by atoms with Crippen LogP contribution in [0.2, 0.25) is 0 Å². The second-order valence-electron chi connectivity index (χ2n) is 6.04. The van der Waals surface area contributed by atoms with E-state index in [2.05, 4.69) is 45.5 Å². The zero-order valence-electron chi connectivity index (χ0n) is 12.3. The molecule has 0 unspecified atom stereocenters. The molecule has 1 saturated carbocycles. The Morgan fingerprint density at radius 3 is 2.95 bits per heavy atom. The molecule has 0 spiro atoms. The Morgan fingerprint density at radius 2 is 2.05 bits per heavy atom. The summed E-state index contributed by atoms with van der Waals surface area (Å²) in [7, 11) is 0. The van der Waals surface area contributed by atoms with E-state index < -0.39 is 0 Å². The van der Waals surface area contributed by atoms with E-state index >= 15 is 0 Å². The maximum absolute atomic E-state index is 4.33. The van der Waals surface area contributed by atoms with Gasteiger partial charge in [-0.05, 0) is 43.4 Å². The van der Waals surface area contributed by atoms with E-state index in [9.17, 15) is 0 Å². The number of rotatable bonds is 4. The van der Waals surface area contributed by atoms with Crippen molar-refractivity contribution in [3.8, 4) is 0 Å². The summed E-state index contributed by atoms with van der Waals surface area (Å²) in [4.78, 5) is 6.79. The number of hydrogen-bond acceptors (Lipinski definition) is 3. The van der Waals surface area contributed by atoms with Crippen LogP contribution in [0.5, 0.6) is 0 Å². The highest BCUT2D eigenvalue weighted by molar-refractivity contribution is 5.69. The Kier molecular flexibility index (Phi) is 3.36. The smallest absolute Gasteiger partial charge is 0.0487 e. The summed E-state index contributed by atoms with van der Waals surface area (Å²) in [5.74, 6) is 0. The molecular weight excluding hydrogens is 258 g/mol. The second-order valence-corrected chi connectivity index (χ2v) is 6.04. The van der Waals surface area contributed by atoms with Crippen molar-refractivity contribution in [3.63, 3.8) is 0 Å². The van der Waals surface area contributed by atoms with Gasteiger partial charge in [0.25, 0.3) is 0 Å². The second kappa shape index (κ2) is 5.49. The number of fused-ring (bicyclic) bond motifs is 1. The highest BCUT2D eigenvalue weighted by Crippen LogP contribution is 2.35. The zero-order chi connectivity index (χ0) is 14.1. The highest BCUT2D eigenvalue weighted by Gasteiger charge is 2.23. The third kappa shape index (κ3) is 2.66. The summed E-state index contributed by atoms with van der Waals surface area (Å²) in [6, 6.07) is 11.7. The van der Waals surface area contributed by atoms with Crippen molar-refractivity contribution in [2.24, 2.45) is 0 Å². The Labute approximate surface area is 126 Å². The van der Waals surface area contributed by atoms with E-state index in [1.54, 1.807) is 0 Å². The lowest BCUT2D eigenvalue weighted by Crippen LogP contribution is -2.26. The molecule has 0 radical (unpaired) electrons. The summed E-state index contributed by atoms with van der Waals surface area (Å²) >= 11 is 0. The molecule has 1 N–H and O–H groups in total. The van der Waals surface area contributed by atoms with E-state index in [4.69, 9.17) is 0 Å². The predicted molar refractivity (Wildman–Crippen MR) is 85.9 cm³/mol. The van der Waals surface area contributed by atoms with Crippen LogP contribution in [0.4, 0.5) is 11.4 Å². The Hall–Kier alpha value is -1.87. The Morgan fingerprint density at radius 1 is 1.14 bits per heavy atom. The van der Waals surface area contributed by atoms with Crippen molar-refractivity contribution in [2.75, 3.05) is 11.4 Å². The van der Waals surface area contributed by atoms with Crippen molar-refractivity contribution in [2.45, 2.75) is 38.3 Å². The number of nitrogens with one attached hydrogen (secondary N) is 1. The summed E-state index contributed by atoms with van der Waals surface area (Å²) < 4.78 is 0. The first-order valence-corrected chi connectivity index (χ1v) is 7.93. The lowest BCUT2D eigenvalue weighted by molar-refractivity contribution is 0.681. The van der Waals surface area contributed by atoms with Gasteiger partial charge < -0.3 is 10.2 Å². The van der Waals surface area contributed by atoms with Gasteiger partial charge in [-0.3, -0.25) is 4.98 Å². The summed E-state index contributed by atoms with van der Waals surface area (Å²) in [5, 5.41) is 3.61. The summed E-state index contributed by atoms with van der Waals surface area (Å²) in [5.41, 5.74) is 5.44. The van der Waals surface area contributed by atoms with E-state index in [0.29, 0.717) is 0 Å². The van der Waals surface area contributed by atoms with Crippen LogP contribution < -0.4 is 10.2 Å². The van der Waals surface area contributed by atoms with Crippen LogP contribution in [-0.2, 0) is 13.0 Å². The van der Waals surface area contributed by atoms with Gasteiger partial charge in [-0.25, -0.2) is 0 Å². The van der Waals surface area contributed by atoms with Crippen LogP contribution in [0, 0.1) is 0 Å². The van der Waals surface area contributed by atoms with Gasteiger partial charge in [0.15, 0.2) is 0 Å². The number of para-hydroxylation sites is 1. The lowest BCUT2D eigenvalue weighted by Gasteiger charge is -2.32. The molecule has 4 rings (SSSR count). The van der Waals surface area contributed by atoms with Crippen LogP contribution in [-0.4, -0.2) is 17.6 Å². The van der Waals surface area contributed by atoms with Crippen molar-refractivity contribution in [1.82, 2.24) is 10.3 Å². The molecule has 0 amide bonds. The SMILES string of the molecule is c1ccc2c(c1)CCCN2c1ccncc1CNC1CC1. The lowest BCUT2D eigenvalue weighted by atomic mass is 10.0. The number of aromatic nitrogens is 1. The van der Waals surface area contributed by atoms with Crippen molar-refractivity contribution in [1.29, 1.82) is 0 Å². The molecule has 2 heterocycles. The quantitative estimate of drug-likeness (QED) is 0.929. The first kappa shape index (κ1) is 12.8. The van der Waals surface area contributed by atoms with Gasteiger partial charge in [0.2, 0.25) is 0 Å². The predicted octanol–water partition coefficient (Wildman–Crippen LogP) is 3.42. The Bertz CT molecular complexity index is 634. The van der Waals surface area contributed by atoms with Gasteiger partial charge in [0, 0.05) is 48.5 Å². The summed E-state index contributed by atoms with van der Waals surface area (Å²) in [6.07, 6.45) is 8.97. The number of anilines is 2. The molecule has 0 saturated heterocycles. The minimum absolute atomic E-state index is 0.728. The number of pyridine rings is 1. The molecule has 3 heteroatoms. The fourth-order valence-electron chi connectivity index (χ4n) is 3.14. The van der Waals surface area contributed by atoms with Crippen molar-refractivity contribution >= 4 is 11.4 Å². The molecule has 1 fully saturated rings. The summed E-state index contributed by atoms with van der Waals surface area (Å²) in [6.45, 7) is 2.02. The molecule has 1 aromatic heterocycles. The van der Waals surface area contributed by atoms with Gasteiger partial charge in [0.1, 0.15) is 0 Å². The van der Waals surface area contributed by atoms with Crippen LogP contribution in [0.15, 0.2) is 42.7 Å². The van der Waals surface area contributed by atoms with Crippen LogP contribution in [0.1, 0.15) is 30.4 Å². The molecule has 108 valence electrons. The third-order valence-electron chi connectivity index (χ3n) is 4.44. The molecule has 1 aromatic carbocycles. The van der Waals surface area contributed by atoms with Crippen LogP contribution in [0.25, 0.3) is 0 Å². The monoisotopic (exact) mass is 279 g/mol. The molecule has 2 aliphatic rings. The maximum Gasteiger partial charge on any atom is 0.0487 e. The fourth-order valence-corrected chi connectivity index (χ4v) is 3.14. The Balaban J connectivity index is 1.66. The van der Waals surface area contributed by atoms with Gasteiger partial charge >= 0.3 is 0 Å². The number of nitrogens with zero attached hydrogens (tertiary/aromatic N) is 2. The number of hydrogen-bond donors (Lipinski definition) is 1. The number of aryl methyl sites for hydroxylation is 1. The fraction of sp³-hybridized carbons (Fsp3) is 0.389. The normalized spacial score (nSPS) is 17.6. The van der Waals surface area contributed by atoms with Gasteiger partial charge in [0.05, 0.1) is 0 Å². The minimum atomic E-state index is 0.728. The average Bonchev–Trinajstić information content (AvgIpc) is 3.37. The average molecular weight is 279 g/mol. The molecule has 1 aliphatic carbocycles. The third-order valence-corrected chi connectivity index (χ3v) is 4.44. The number of benzene rings is 1. The van der Waals surface area contributed by atoms with E-state index in [1.807, 2.05) is 12.4 Å². The minimum Gasteiger partial charge on any atom is -0.341 e. The van der Waals surface area contributed by atoms with E-state index in [1.165, 1.54) is 48.2 Å². The van der Waals surface area contributed by atoms with Gasteiger partial charge in [-0.15, -0.1) is 0 Å².